The molecule has 4 heteroatoms. The van der Waals surface area contributed by atoms with Gasteiger partial charge in [0.1, 0.15) is 5.75 Å². The van der Waals surface area contributed by atoms with Crippen LogP contribution in [0.15, 0.2) is 45.3 Å². The predicted octanol–water partition coefficient (Wildman–Crippen LogP) is 5.14. The first-order valence-electron chi connectivity index (χ1n) is 5.92. The Balaban J connectivity index is 2.19. The summed E-state index contributed by atoms with van der Waals surface area (Å²) in [5.74, 6) is 0.864. The molecule has 2 aromatic rings. The molecule has 2 nitrogen and oxygen atoms in total. The van der Waals surface area contributed by atoms with Gasteiger partial charge < -0.3 is 10.1 Å². The van der Waals surface area contributed by atoms with Crippen molar-refractivity contribution in [3.63, 3.8) is 0 Å². The van der Waals surface area contributed by atoms with E-state index in [1.165, 1.54) is 5.56 Å². The first kappa shape index (κ1) is 14.4. The van der Waals surface area contributed by atoms with E-state index in [0.717, 1.165) is 25.9 Å². The molecule has 100 valence electrons. The number of halogens is 2. The van der Waals surface area contributed by atoms with Crippen molar-refractivity contribution in [1.29, 1.82) is 0 Å². The van der Waals surface area contributed by atoms with Crippen LogP contribution < -0.4 is 10.1 Å². The summed E-state index contributed by atoms with van der Waals surface area (Å²) < 4.78 is 7.41. The third kappa shape index (κ3) is 3.74. The van der Waals surface area contributed by atoms with Crippen LogP contribution in [0.1, 0.15) is 11.1 Å². The first-order valence-corrected chi connectivity index (χ1v) is 7.51. The third-order valence-electron chi connectivity index (χ3n) is 2.79. The highest BCUT2D eigenvalue weighted by Gasteiger charge is 2.09. The lowest BCUT2D eigenvalue weighted by molar-refractivity contribution is 0.407. The molecule has 0 heterocycles. The van der Waals surface area contributed by atoms with Crippen LogP contribution in [0.2, 0.25) is 0 Å². The zero-order valence-corrected chi connectivity index (χ0v) is 14.0. The Morgan fingerprint density at radius 2 is 1.95 bits per heavy atom. The van der Waals surface area contributed by atoms with Crippen molar-refractivity contribution in [3.8, 4) is 5.75 Å². The topological polar surface area (TPSA) is 21.3 Å². The fourth-order valence-electron chi connectivity index (χ4n) is 1.93. The van der Waals surface area contributed by atoms with Gasteiger partial charge in [-0.1, -0.05) is 28.1 Å². The average molecular weight is 385 g/mol. The molecule has 0 aromatic heterocycles. The van der Waals surface area contributed by atoms with Crippen LogP contribution in [0.5, 0.6) is 5.75 Å². The van der Waals surface area contributed by atoms with Gasteiger partial charge in [-0.05, 0) is 52.7 Å². The maximum atomic E-state index is 5.44. The number of anilines is 1. The van der Waals surface area contributed by atoms with Crippen molar-refractivity contribution < 1.29 is 4.74 Å². The number of aryl methyl sites for hydroxylation is 1. The summed E-state index contributed by atoms with van der Waals surface area (Å²) in [6.45, 7) is 2.80. The molecule has 0 saturated heterocycles. The highest BCUT2D eigenvalue weighted by atomic mass is 79.9. The van der Waals surface area contributed by atoms with Gasteiger partial charge in [0.25, 0.3) is 0 Å². The van der Waals surface area contributed by atoms with E-state index in [2.05, 4.69) is 68.4 Å². The Kier molecular flexibility index (Phi) is 4.88. The second-order valence-corrected chi connectivity index (χ2v) is 6.07. The molecule has 2 rings (SSSR count). The number of hydrogen-bond donors (Lipinski definition) is 1. The van der Waals surface area contributed by atoms with Gasteiger partial charge in [0, 0.05) is 22.3 Å². The Morgan fingerprint density at radius 3 is 2.63 bits per heavy atom. The summed E-state index contributed by atoms with van der Waals surface area (Å²) in [6, 6.07) is 12.4. The molecule has 0 aliphatic heterocycles. The van der Waals surface area contributed by atoms with Crippen molar-refractivity contribution in [2.45, 2.75) is 13.5 Å². The molecular weight excluding hydrogens is 370 g/mol. The van der Waals surface area contributed by atoms with E-state index in [-0.39, 0.29) is 0 Å². The fourth-order valence-corrected chi connectivity index (χ4v) is 3.40. The Labute approximate surface area is 130 Å². The molecule has 0 unspecified atom stereocenters. The maximum Gasteiger partial charge on any atom is 0.138 e. The Bertz CT molecular complexity index is 584. The van der Waals surface area contributed by atoms with E-state index in [1.54, 1.807) is 7.11 Å². The average Bonchev–Trinajstić information content (AvgIpc) is 2.36. The molecule has 2 aromatic carbocycles. The molecule has 0 amide bonds. The zero-order chi connectivity index (χ0) is 13.8. The summed E-state index contributed by atoms with van der Waals surface area (Å²) in [5.41, 5.74) is 3.45. The molecule has 0 fully saturated rings. The minimum atomic E-state index is 0.713. The molecule has 19 heavy (non-hydrogen) atoms. The van der Waals surface area contributed by atoms with Gasteiger partial charge in [0.2, 0.25) is 0 Å². The first-order chi connectivity index (χ1) is 9.10. The van der Waals surface area contributed by atoms with Crippen LogP contribution in [0.4, 0.5) is 5.69 Å². The van der Waals surface area contributed by atoms with Crippen molar-refractivity contribution in [2.24, 2.45) is 0 Å². The van der Waals surface area contributed by atoms with Gasteiger partial charge in [-0.2, -0.15) is 0 Å². The van der Waals surface area contributed by atoms with E-state index >= 15 is 0 Å². The van der Waals surface area contributed by atoms with Crippen molar-refractivity contribution in [1.82, 2.24) is 0 Å². The number of nitrogens with one attached hydrogen (secondary N) is 1. The standard InChI is InChI=1S/C15H15Br2NO/c1-10-4-3-5-13(6-10)18-9-11-7-12(16)8-14(17)15(11)19-2/h3-8,18H,9H2,1-2H3. The second kappa shape index (κ2) is 6.44. The highest BCUT2D eigenvalue weighted by Crippen LogP contribution is 2.33. The summed E-state index contributed by atoms with van der Waals surface area (Å²) in [5, 5.41) is 3.41. The fraction of sp³-hybridized carbons (Fsp3) is 0.200. The lowest BCUT2D eigenvalue weighted by atomic mass is 10.2. The molecule has 0 bridgehead atoms. The van der Waals surface area contributed by atoms with Gasteiger partial charge in [-0.25, -0.2) is 0 Å². The van der Waals surface area contributed by atoms with Gasteiger partial charge in [-0.15, -0.1) is 0 Å². The van der Waals surface area contributed by atoms with E-state index in [4.69, 9.17) is 4.74 Å². The SMILES string of the molecule is COc1c(Br)cc(Br)cc1CNc1cccc(C)c1. The second-order valence-electron chi connectivity index (χ2n) is 4.30. The van der Waals surface area contributed by atoms with E-state index in [1.807, 2.05) is 12.1 Å². The minimum absolute atomic E-state index is 0.713. The van der Waals surface area contributed by atoms with Crippen molar-refractivity contribution >= 4 is 37.5 Å². The van der Waals surface area contributed by atoms with Crippen molar-refractivity contribution in [3.05, 3.63) is 56.5 Å². The number of benzene rings is 2. The molecule has 0 atom stereocenters. The van der Waals surface area contributed by atoms with Crippen LogP contribution in [-0.4, -0.2) is 7.11 Å². The van der Waals surface area contributed by atoms with Crippen molar-refractivity contribution in [2.75, 3.05) is 12.4 Å². The summed E-state index contributed by atoms with van der Waals surface area (Å²) in [6.07, 6.45) is 0. The summed E-state index contributed by atoms with van der Waals surface area (Å²) in [7, 11) is 1.68. The normalized spacial score (nSPS) is 10.3. The Hall–Kier alpha value is -1.00. The minimum Gasteiger partial charge on any atom is -0.495 e. The number of methoxy groups -OCH3 is 1. The quantitative estimate of drug-likeness (QED) is 0.787. The zero-order valence-electron chi connectivity index (χ0n) is 10.8. The van der Waals surface area contributed by atoms with Gasteiger partial charge in [0.05, 0.1) is 11.6 Å². The monoisotopic (exact) mass is 383 g/mol. The number of hydrogen-bond acceptors (Lipinski definition) is 2. The van der Waals surface area contributed by atoms with E-state index < -0.39 is 0 Å². The maximum absolute atomic E-state index is 5.44. The predicted molar refractivity (Wildman–Crippen MR) is 86.9 cm³/mol. The van der Waals surface area contributed by atoms with Crippen LogP contribution in [0.25, 0.3) is 0 Å². The van der Waals surface area contributed by atoms with Crippen LogP contribution in [0.3, 0.4) is 0 Å². The molecule has 1 N–H and O–H groups in total. The molecule has 0 aliphatic carbocycles. The number of rotatable bonds is 4. The number of ether oxygens (including phenoxy) is 1. The smallest absolute Gasteiger partial charge is 0.138 e. The third-order valence-corrected chi connectivity index (χ3v) is 3.84. The summed E-state index contributed by atoms with van der Waals surface area (Å²) in [4.78, 5) is 0. The molecule has 0 spiro atoms. The largest absolute Gasteiger partial charge is 0.495 e. The molecule has 0 aliphatic rings. The summed E-state index contributed by atoms with van der Waals surface area (Å²) >= 11 is 7.01. The van der Waals surface area contributed by atoms with Gasteiger partial charge in [-0.3, -0.25) is 0 Å². The highest BCUT2D eigenvalue weighted by molar-refractivity contribution is 9.11. The molecule has 0 radical (unpaired) electrons. The lowest BCUT2D eigenvalue weighted by Gasteiger charge is -2.13. The van der Waals surface area contributed by atoms with Crippen LogP contribution in [0, 0.1) is 6.92 Å². The van der Waals surface area contributed by atoms with E-state index in [0.29, 0.717) is 6.54 Å². The lowest BCUT2D eigenvalue weighted by Crippen LogP contribution is -2.02. The molecular formula is C15H15Br2NO. The molecule has 0 saturated carbocycles. The van der Waals surface area contributed by atoms with Gasteiger partial charge in [0.15, 0.2) is 0 Å². The van der Waals surface area contributed by atoms with Crippen LogP contribution in [-0.2, 0) is 6.54 Å². The Morgan fingerprint density at radius 1 is 1.16 bits per heavy atom. The van der Waals surface area contributed by atoms with E-state index in [9.17, 15) is 0 Å². The van der Waals surface area contributed by atoms with Gasteiger partial charge >= 0.3 is 0 Å². The van der Waals surface area contributed by atoms with Crippen LogP contribution >= 0.6 is 31.9 Å².